The summed E-state index contributed by atoms with van der Waals surface area (Å²) in [7, 11) is -4.37. The Hall–Kier alpha value is -1.25. The summed E-state index contributed by atoms with van der Waals surface area (Å²) in [6.45, 7) is 3.73. The number of rotatable bonds is 39. The molecule has 0 rings (SSSR count). The van der Waals surface area contributed by atoms with E-state index in [0.717, 1.165) is 32.1 Å². The maximum atomic E-state index is 12.5. The van der Waals surface area contributed by atoms with E-state index in [9.17, 15) is 19.0 Å². The zero-order chi connectivity index (χ0) is 36.8. The van der Waals surface area contributed by atoms with Gasteiger partial charge in [0.2, 0.25) is 0 Å². The molecule has 0 aromatic carbocycles. The van der Waals surface area contributed by atoms with Gasteiger partial charge in [0.25, 0.3) is 0 Å². The molecule has 2 atom stereocenters. The van der Waals surface area contributed by atoms with Crippen LogP contribution in [0.4, 0.5) is 0 Å². The number of phosphoric acid groups is 1. The van der Waals surface area contributed by atoms with Gasteiger partial charge in [-0.15, -0.1) is 0 Å². The minimum atomic E-state index is -4.37. The van der Waals surface area contributed by atoms with E-state index < -0.39 is 26.5 Å². The van der Waals surface area contributed by atoms with Crippen molar-refractivity contribution in [3.8, 4) is 0 Å². The maximum absolute atomic E-state index is 12.5. The minimum absolute atomic E-state index is 0.0559. The average molecular weight is 732 g/mol. The van der Waals surface area contributed by atoms with Crippen molar-refractivity contribution in [3.05, 3.63) is 12.2 Å². The van der Waals surface area contributed by atoms with E-state index in [1.54, 1.807) is 0 Å². The molecule has 50 heavy (non-hydrogen) atoms. The minimum Gasteiger partial charge on any atom is -0.462 e. The van der Waals surface area contributed by atoms with E-state index >= 15 is 0 Å². The first-order valence-electron chi connectivity index (χ1n) is 20.7. The molecular formula is C40H78NO8P. The molecule has 296 valence electrons. The van der Waals surface area contributed by atoms with Gasteiger partial charge in [-0.3, -0.25) is 18.6 Å². The third kappa shape index (κ3) is 36.5. The van der Waals surface area contributed by atoms with E-state index in [-0.39, 0.29) is 38.6 Å². The molecule has 0 spiro atoms. The average Bonchev–Trinajstić information content (AvgIpc) is 3.10. The van der Waals surface area contributed by atoms with Crippen molar-refractivity contribution in [2.75, 3.05) is 26.4 Å². The van der Waals surface area contributed by atoms with Crippen molar-refractivity contribution in [2.45, 2.75) is 206 Å². The summed E-state index contributed by atoms with van der Waals surface area (Å²) in [6, 6.07) is 0. The Kier molecular flexibility index (Phi) is 36.6. The fourth-order valence-electron chi connectivity index (χ4n) is 5.81. The van der Waals surface area contributed by atoms with Crippen molar-refractivity contribution in [3.63, 3.8) is 0 Å². The van der Waals surface area contributed by atoms with Gasteiger partial charge in [-0.1, -0.05) is 161 Å². The first kappa shape index (κ1) is 48.8. The highest BCUT2D eigenvalue weighted by Crippen LogP contribution is 2.43. The van der Waals surface area contributed by atoms with Crippen LogP contribution in [0.3, 0.4) is 0 Å². The van der Waals surface area contributed by atoms with Crippen LogP contribution in [-0.2, 0) is 32.7 Å². The molecule has 3 N–H and O–H groups in total. The molecule has 0 aliphatic heterocycles. The van der Waals surface area contributed by atoms with E-state index in [4.69, 9.17) is 24.3 Å². The van der Waals surface area contributed by atoms with Crippen LogP contribution in [0.2, 0.25) is 0 Å². The summed E-state index contributed by atoms with van der Waals surface area (Å²) in [5.41, 5.74) is 5.34. The lowest BCUT2D eigenvalue weighted by atomic mass is 10.0. The molecule has 0 saturated carbocycles. The monoisotopic (exact) mass is 732 g/mol. The number of esters is 2. The van der Waals surface area contributed by atoms with Crippen LogP contribution in [0.5, 0.6) is 0 Å². The molecule has 0 saturated heterocycles. The van der Waals surface area contributed by atoms with Gasteiger partial charge in [-0.05, 0) is 38.5 Å². The number of unbranched alkanes of at least 4 members (excludes halogenated alkanes) is 24. The lowest BCUT2D eigenvalue weighted by Crippen LogP contribution is -2.29. The van der Waals surface area contributed by atoms with E-state index in [1.807, 2.05) is 0 Å². The number of carbonyl (C=O) groups excluding carboxylic acids is 2. The van der Waals surface area contributed by atoms with Gasteiger partial charge in [0.05, 0.1) is 13.2 Å². The van der Waals surface area contributed by atoms with Gasteiger partial charge in [-0.2, -0.15) is 0 Å². The second-order valence-electron chi connectivity index (χ2n) is 13.9. The third-order valence-corrected chi connectivity index (χ3v) is 9.89. The Balaban J connectivity index is 4.13. The summed E-state index contributed by atoms with van der Waals surface area (Å²) in [5.74, 6) is -0.823. The second kappa shape index (κ2) is 37.5. The summed E-state index contributed by atoms with van der Waals surface area (Å²) in [6.07, 6.45) is 36.6. The first-order valence-corrected chi connectivity index (χ1v) is 22.2. The number of hydrogen-bond acceptors (Lipinski definition) is 8. The number of allylic oxidation sites excluding steroid dienone is 2. The van der Waals surface area contributed by atoms with Gasteiger partial charge in [0.1, 0.15) is 6.61 Å². The standard InChI is InChI=1S/C40H78NO8P/c1-3-5-7-9-11-13-15-17-18-19-20-21-23-24-26-28-30-32-39(42)46-36-38(37-48-50(44,45)47-35-34-41)49-40(43)33-31-29-27-25-22-16-14-12-10-8-6-4-2/h13,15,38H,3-12,14,16-37,41H2,1-2H3,(H,44,45)/b15-13+/t38-/m0/s1. The topological polar surface area (TPSA) is 134 Å². The largest absolute Gasteiger partial charge is 0.472 e. The van der Waals surface area contributed by atoms with Crippen molar-refractivity contribution >= 4 is 19.8 Å². The number of nitrogens with two attached hydrogens (primary N) is 1. The normalized spacial score (nSPS) is 13.4. The SMILES string of the molecule is CCCCCC/C=C/CCCCCCCCCCCC(=O)OC[C@@H](COP(=O)(O)OCCN)OC(=O)CCCCCCCCCCCCCC. The molecule has 10 heteroatoms. The highest BCUT2D eigenvalue weighted by atomic mass is 31.2. The fourth-order valence-corrected chi connectivity index (χ4v) is 6.57. The zero-order valence-electron chi connectivity index (χ0n) is 32.4. The van der Waals surface area contributed by atoms with Gasteiger partial charge < -0.3 is 20.1 Å². The first-order chi connectivity index (χ1) is 24.3. The van der Waals surface area contributed by atoms with Crippen molar-refractivity contribution in [2.24, 2.45) is 5.73 Å². The lowest BCUT2D eigenvalue weighted by molar-refractivity contribution is -0.161. The van der Waals surface area contributed by atoms with Crippen LogP contribution in [0.1, 0.15) is 200 Å². The Labute approximate surface area is 307 Å². The highest BCUT2D eigenvalue weighted by molar-refractivity contribution is 7.47. The van der Waals surface area contributed by atoms with Crippen molar-refractivity contribution in [1.29, 1.82) is 0 Å². The molecule has 0 aromatic heterocycles. The summed E-state index contributed by atoms with van der Waals surface area (Å²) >= 11 is 0. The van der Waals surface area contributed by atoms with Crippen molar-refractivity contribution < 1.29 is 37.6 Å². The summed E-state index contributed by atoms with van der Waals surface area (Å²) in [5, 5.41) is 0. The Bertz CT molecular complexity index is 840. The quantitative estimate of drug-likeness (QED) is 0.0274. The number of hydrogen-bond donors (Lipinski definition) is 2. The molecule has 0 heterocycles. The highest BCUT2D eigenvalue weighted by Gasteiger charge is 2.26. The predicted molar refractivity (Wildman–Crippen MR) is 206 cm³/mol. The zero-order valence-corrected chi connectivity index (χ0v) is 33.3. The number of ether oxygens (including phenoxy) is 2. The fraction of sp³-hybridized carbons (Fsp3) is 0.900. The third-order valence-electron chi connectivity index (χ3n) is 8.90. The Morgan fingerprint density at radius 1 is 0.580 bits per heavy atom. The van der Waals surface area contributed by atoms with E-state index in [0.29, 0.717) is 6.42 Å². The summed E-state index contributed by atoms with van der Waals surface area (Å²) in [4.78, 5) is 34.8. The number of phosphoric ester groups is 1. The maximum Gasteiger partial charge on any atom is 0.472 e. The van der Waals surface area contributed by atoms with Crippen LogP contribution in [-0.4, -0.2) is 49.3 Å². The Morgan fingerprint density at radius 3 is 1.44 bits per heavy atom. The summed E-state index contributed by atoms with van der Waals surface area (Å²) < 4.78 is 32.7. The molecule has 1 unspecified atom stereocenters. The van der Waals surface area contributed by atoms with Gasteiger partial charge in [0, 0.05) is 19.4 Å². The molecular weight excluding hydrogens is 653 g/mol. The second-order valence-corrected chi connectivity index (χ2v) is 15.3. The molecule has 9 nitrogen and oxygen atoms in total. The van der Waals surface area contributed by atoms with Crippen LogP contribution in [0.15, 0.2) is 12.2 Å². The predicted octanol–water partition coefficient (Wildman–Crippen LogP) is 11.4. The van der Waals surface area contributed by atoms with E-state index in [2.05, 4.69) is 26.0 Å². The van der Waals surface area contributed by atoms with Crippen molar-refractivity contribution in [1.82, 2.24) is 0 Å². The van der Waals surface area contributed by atoms with Crippen LogP contribution < -0.4 is 5.73 Å². The number of carbonyl (C=O) groups is 2. The molecule has 0 bridgehead atoms. The molecule has 0 aromatic rings. The van der Waals surface area contributed by atoms with Gasteiger partial charge in [0.15, 0.2) is 6.10 Å². The molecule has 0 aliphatic rings. The van der Waals surface area contributed by atoms with Crippen LogP contribution >= 0.6 is 7.82 Å². The van der Waals surface area contributed by atoms with E-state index in [1.165, 1.54) is 135 Å². The molecule has 0 fully saturated rings. The lowest BCUT2D eigenvalue weighted by Gasteiger charge is -2.19. The smallest absolute Gasteiger partial charge is 0.462 e. The van der Waals surface area contributed by atoms with Crippen LogP contribution in [0, 0.1) is 0 Å². The van der Waals surface area contributed by atoms with Gasteiger partial charge in [-0.25, -0.2) is 4.57 Å². The van der Waals surface area contributed by atoms with Crippen LogP contribution in [0.25, 0.3) is 0 Å². The molecule has 0 aliphatic carbocycles. The van der Waals surface area contributed by atoms with Gasteiger partial charge >= 0.3 is 19.8 Å². The molecule has 0 amide bonds. The molecule has 0 radical (unpaired) electrons. The Morgan fingerprint density at radius 2 is 0.980 bits per heavy atom.